The van der Waals surface area contributed by atoms with Crippen LogP contribution in [0.25, 0.3) is 0 Å². The summed E-state index contributed by atoms with van der Waals surface area (Å²) in [5.74, 6) is 0. The molecule has 1 fully saturated rings. The maximum atomic E-state index is 9.69. The van der Waals surface area contributed by atoms with E-state index in [9.17, 15) is 5.11 Å². The van der Waals surface area contributed by atoms with Crippen LogP contribution in [0.15, 0.2) is 0 Å². The molecule has 1 saturated heterocycles. The second kappa shape index (κ2) is 3.55. The summed E-state index contributed by atoms with van der Waals surface area (Å²) in [5.41, 5.74) is -0.474. The Bertz CT molecular complexity index is 119. The summed E-state index contributed by atoms with van der Waals surface area (Å²) in [4.78, 5) is 0. The zero-order valence-electron chi connectivity index (χ0n) is 7.47. The monoisotopic (exact) mass is 158 g/mol. The molecule has 2 atom stereocenters. The fourth-order valence-corrected chi connectivity index (χ4v) is 1.60. The molecule has 1 heterocycles. The molecule has 1 aliphatic rings. The first-order valence-electron chi connectivity index (χ1n) is 4.48. The van der Waals surface area contributed by atoms with Crippen LogP contribution in [0.4, 0.5) is 0 Å². The quantitative estimate of drug-likeness (QED) is 0.663. The SMILES string of the molecule is CCCC1CC(C)(O)CCO1. The Labute approximate surface area is 68.6 Å². The molecule has 0 spiro atoms. The average Bonchev–Trinajstić information content (AvgIpc) is 1.85. The third-order valence-corrected chi connectivity index (χ3v) is 2.27. The Morgan fingerprint density at radius 1 is 1.64 bits per heavy atom. The Morgan fingerprint density at radius 2 is 2.36 bits per heavy atom. The van der Waals surface area contributed by atoms with Gasteiger partial charge in [-0.25, -0.2) is 0 Å². The molecule has 1 aliphatic heterocycles. The summed E-state index contributed by atoms with van der Waals surface area (Å²) >= 11 is 0. The van der Waals surface area contributed by atoms with Crippen LogP contribution >= 0.6 is 0 Å². The van der Waals surface area contributed by atoms with Crippen molar-refractivity contribution in [2.45, 2.75) is 51.2 Å². The van der Waals surface area contributed by atoms with Crippen LogP contribution in [0.5, 0.6) is 0 Å². The smallest absolute Gasteiger partial charge is 0.0666 e. The van der Waals surface area contributed by atoms with E-state index in [1.165, 1.54) is 0 Å². The molecule has 0 aromatic rings. The highest BCUT2D eigenvalue weighted by Crippen LogP contribution is 2.25. The van der Waals surface area contributed by atoms with Gasteiger partial charge in [-0.05, 0) is 19.8 Å². The normalized spacial score (nSPS) is 39.0. The summed E-state index contributed by atoms with van der Waals surface area (Å²) < 4.78 is 5.49. The van der Waals surface area contributed by atoms with Crippen molar-refractivity contribution >= 4 is 0 Å². The van der Waals surface area contributed by atoms with Crippen LogP contribution in [0, 0.1) is 0 Å². The molecule has 0 bridgehead atoms. The maximum Gasteiger partial charge on any atom is 0.0666 e. The Hall–Kier alpha value is -0.0800. The van der Waals surface area contributed by atoms with Crippen molar-refractivity contribution in [2.24, 2.45) is 0 Å². The summed E-state index contributed by atoms with van der Waals surface area (Å²) in [7, 11) is 0. The molecular weight excluding hydrogens is 140 g/mol. The summed E-state index contributed by atoms with van der Waals surface area (Å²) in [6, 6.07) is 0. The summed E-state index contributed by atoms with van der Waals surface area (Å²) in [6.45, 7) is 4.77. The number of aliphatic hydroxyl groups is 1. The molecule has 66 valence electrons. The maximum absolute atomic E-state index is 9.69. The van der Waals surface area contributed by atoms with Gasteiger partial charge in [-0.15, -0.1) is 0 Å². The fraction of sp³-hybridized carbons (Fsp3) is 1.00. The van der Waals surface area contributed by atoms with E-state index in [4.69, 9.17) is 4.74 Å². The average molecular weight is 158 g/mol. The molecule has 0 amide bonds. The van der Waals surface area contributed by atoms with Crippen LogP contribution in [0.2, 0.25) is 0 Å². The van der Waals surface area contributed by atoms with Gasteiger partial charge in [0.05, 0.1) is 11.7 Å². The summed E-state index contributed by atoms with van der Waals surface area (Å²) in [5, 5.41) is 9.69. The van der Waals surface area contributed by atoms with Crippen LogP contribution in [-0.2, 0) is 4.74 Å². The van der Waals surface area contributed by atoms with E-state index in [1.807, 2.05) is 6.92 Å². The van der Waals surface area contributed by atoms with E-state index in [2.05, 4.69) is 6.92 Å². The minimum atomic E-state index is -0.474. The molecule has 2 heteroatoms. The zero-order valence-corrected chi connectivity index (χ0v) is 7.47. The summed E-state index contributed by atoms with van der Waals surface area (Å²) in [6.07, 6.45) is 4.11. The van der Waals surface area contributed by atoms with Crippen molar-refractivity contribution in [3.05, 3.63) is 0 Å². The highest BCUT2D eigenvalue weighted by atomic mass is 16.5. The highest BCUT2D eigenvalue weighted by Gasteiger charge is 2.29. The first kappa shape index (κ1) is 9.01. The Balaban J connectivity index is 2.34. The van der Waals surface area contributed by atoms with Crippen LogP contribution < -0.4 is 0 Å². The molecule has 11 heavy (non-hydrogen) atoms. The minimum absolute atomic E-state index is 0.295. The molecule has 0 radical (unpaired) electrons. The molecule has 2 unspecified atom stereocenters. The highest BCUT2D eigenvalue weighted by molar-refractivity contribution is 4.80. The number of rotatable bonds is 2. The van der Waals surface area contributed by atoms with E-state index in [0.29, 0.717) is 6.10 Å². The molecule has 0 saturated carbocycles. The third kappa shape index (κ3) is 2.80. The second-order valence-electron chi connectivity index (χ2n) is 3.73. The van der Waals surface area contributed by atoms with Crippen molar-refractivity contribution in [2.75, 3.05) is 6.61 Å². The van der Waals surface area contributed by atoms with Crippen molar-refractivity contribution in [3.8, 4) is 0 Å². The molecular formula is C9H18O2. The van der Waals surface area contributed by atoms with Gasteiger partial charge < -0.3 is 9.84 Å². The lowest BCUT2D eigenvalue weighted by atomic mass is 9.91. The second-order valence-corrected chi connectivity index (χ2v) is 3.73. The van der Waals surface area contributed by atoms with E-state index in [-0.39, 0.29) is 0 Å². The molecule has 2 nitrogen and oxygen atoms in total. The number of ether oxygens (including phenoxy) is 1. The molecule has 1 rings (SSSR count). The van der Waals surface area contributed by atoms with Crippen molar-refractivity contribution in [1.82, 2.24) is 0 Å². The van der Waals surface area contributed by atoms with Crippen LogP contribution in [0.1, 0.15) is 39.5 Å². The van der Waals surface area contributed by atoms with Gasteiger partial charge >= 0.3 is 0 Å². The molecule has 0 aromatic carbocycles. The molecule has 0 aliphatic carbocycles. The van der Waals surface area contributed by atoms with Gasteiger partial charge in [0.2, 0.25) is 0 Å². The number of hydrogen-bond donors (Lipinski definition) is 1. The largest absolute Gasteiger partial charge is 0.390 e. The van der Waals surface area contributed by atoms with Gasteiger partial charge in [0.25, 0.3) is 0 Å². The van der Waals surface area contributed by atoms with Gasteiger partial charge in [-0.1, -0.05) is 13.3 Å². The minimum Gasteiger partial charge on any atom is -0.390 e. The lowest BCUT2D eigenvalue weighted by Crippen LogP contribution is -2.38. The topological polar surface area (TPSA) is 29.5 Å². The van der Waals surface area contributed by atoms with E-state index in [0.717, 1.165) is 32.3 Å². The first-order chi connectivity index (χ1) is 5.14. The predicted molar refractivity (Wildman–Crippen MR) is 44.5 cm³/mol. The van der Waals surface area contributed by atoms with Gasteiger partial charge in [0.15, 0.2) is 0 Å². The first-order valence-corrected chi connectivity index (χ1v) is 4.48. The van der Waals surface area contributed by atoms with Crippen molar-refractivity contribution < 1.29 is 9.84 Å². The number of hydrogen-bond acceptors (Lipinski definition) is 2. The van der Waals surface area contributed by atoms with Crippen molar-refractivity contribution in [3.63, 3.8) is 0 Å². The van der Waals surface area contributed by atoms with Gasteiger partial charge in [0.1, 0.15) is 0 Å². The van der Waals surface area contributed by atoms with Gasteiger partial charge in [-0.3, -0.25) is 0 Å². The van der Waals surface area contributed by atoms with Crippen LogP contribution in [-0.4, -0.2) is 23.4 Å². The Kier molecular flexibility index (Phi) is 2.90. The van der Waals surface area contributed by atoms with Crippen LogP contribution in [0.3, 0.4) is 0 Å². The standard InChI is InChI=1S/C9H18O2/c1-3-4-8-7-9(2,10)5-6-11-8/h8,10H,3-7H2,1-2H3. The molecule has 1 N–H and O–H groups in total. The van der Waals surface area contributed by atoms with Gasteiger partial charge in [-0.2, -0.15) is 0 Å². The lowest BCUT2D eigenvalue weighted by Gasteiger charge is -2.33. The molecule has 0 aromatic heterocycles. The zero-order chi connectivity index (χ0) is 8.32. The fourth-order valence-electron chi connectivity index (χ4n) is 1.60. The lowest BCUT2D eigenvalue weighted by molar-refractivity contribution is -0.0955. The van der Waals surface area contributed by atoms with E-state index < -0.39 is 5.60 Å². The van der Waals surface area contributed by atoms with Crippen molar-refractivity contribution in [1.29, 1.82) is 0 Å². The van der Waals surface area contributed by atoms with Gasteiger partial charge in [0, 0.05) is 13.0 Å². The third-order valence-electron chi connectivity index (χ3n) is 2.27. The predicted octanol–water partition coefficient (Wildman–Crippen LogP) is 1.72. The van der Waals surface area contributed by atoms with E-state index >= 15 is 0 Å². The Morgan fingerprint density at radius 3 is 2.91 bits per heavy atom. The van der Waals surface area contributed by atoms with E-state index in [1.54, 1.807) is 0 Å².